The highest BCUT2D eigenvalue weighted by molar-refractivity contribution is 7.21. The van der Waals surface area contributed by atoms with E-state index in [1.165, 1.54) is 12.1 Å². The van der Waals surface area contributed by atoms with Crippen molar-refractivity contribution in [2.24, 2.45) is 0 Å². The number of carbonyl (C=O) groups excluding carboxylic acids is 2. The first kappa shape index (κ1) is 17.2. The highest BCUT2D eigenvalue weighted by Gasteiger charge is 2.19. The largest absolute Gasteiger partial charge is 0.353 e. The van der Waals surface area contributed by atoms with Crippen molar-refractivity contribution in [2.45, 2.75) is 38.1 Å². The molecule has 1 aromatic heterocycles. The molecule has 1 heterocycles. The van der Waals surface area contributed by atoms with E-state index in [0.717, 1.165) is 37.0 Å². The molecular weight excluding hydrogens is 351 g/mol. The monoisotopic (exact) mass is 368 g/mol. The van der Waals surface area contributed by atoms with Crippen LogP contribution in [-0.2, 0) is 4.79 Å². The molecule has 0 spiro atoms. The van der Waals surface area contributed by atoms with Crippen molar-refractivity contribution >= 4 is 44.8 Å². The van der Waals surface area contributed by atoms with Crippen LogP contribution in [0.15, 0.2) is 18.2 Å². The van der Waals surface area contributed by atoms with Gasteiger partial charge in [0.1, 0.15) is 10.7 Å². The van der Waals surface area contributed by atoms with Crippen LogP contribution in [0.1, 0.15) is 41.8 Å². The van der Waals surface area contributed by atoms with Gasteiger partial charge in [0.25, 0.3) is 5.91 Å². The van der Waals surface area contributed by atoms with Gasteiger partial charge in [0.2, 0.25) is 5.91 Å². The van der Waals surface area contributed by atoms with Gasteiger partial charge < -0.3 is 10.6 Å². The molecule has 2 N–H and O–H groups in total. The van der Waals surface area contributed by atoms with Crippen molar-refractivity contribution in [3.63, 3.8) is 0 Å². The first-order valence-electron chi connectivity index (χ1n) is 7.99. The van der Waals surface area contributed by atoms with Gasteiger partial charge in [-0.15, -0.1) is 11.3 Å². The van der Waals surface area contributed by atoms with Gasteiger partial charge in [-0.1, -0.05) is 24.4 Å². The Labute approximate surface area is 148 Å². The summed E-state index contributed by atoms with van der Waals surface area (Å²) in [6, 6.07) is 4.52. The molecule has 1 aliphatic rings. The van der Waals surface area contributed by atoms with E-state index in [4.69, 9.17) is 11.6 Å². The van der Waals surface area contributed by atoms with Crippen molar-refractivity contribution in [1.29, 1.82) is 0 Å². The number of nitrogens with one attached hydrogen (secondary N) is 2. The zero-order valence-electron chi connectivity index (χ0n) is 13.0. The number of fused-ring (bicyclic) bond motifs is 1. The summed E-state index contributed by atoms with van der Waals surface area (Å²) in [7, 11) is 0. The van der Waals surface area contributed by atoms with Crippen molar-refractivity contribution in [2.75, 3.05) is 6.54 Å². The summed E-state index contributed by atoms with van der Waals surface area (Å²) >= 11 is 7.35. The fourth-order valence-corrected chi connectivity index (χ4v) is 4.38. The molecular formula is C17H18ClFN2O2S. The number of halogens is 2. The molecule has 1 fully saturated rings. The van der Waals surface area contributed by atoms with Gasteiger partial charge in [-0.25, -0.2) is 4.39 Å². The Bertz CT molecular complexity index is 771. The Morgan fingerprint density at radius 1 is 1.29 bits per heavy atom. The highest BCUT2D eigenvalue weighted by atomic mass is 35.5. The lowest BCUT2D eigenvalue weighted by molar-refractivity contribution is -0.121. The zero-order chi connectivity index (χ0) is 17.1. The Morgan fingerprint density at radius 2 is 2.04 bits per heavy atom. The van der Waals surface area contributed by atoms with E-state index >= 15 is 0 Å². The summed E-state index contributed by atoms with van der Waals surface area (Å²) in [4.78, 5) is 24.4. The molecule has 2 amide bonds. The third-order valence-corrected chi connectivity index (χ3v) is 5.81. The molecule has 0 radical (unpaired) electrons. The van der Waals surface area contributed by atoms with Gasteiger partial charge >= 0.3 is 0 Å². The molecule has 1 aliphatic carbocycles. The average Bonchev–Trinajstić information content (AvgIpc) is 3.15. The minimum Gasteiger partial charge on any atom is -0.353 e. The topological polar surface area (TPSA) is 58.2 Å². The third kappa shape index (κ3) is 3.87. The molecule has 0 bridgehead atoms. The maximum Gasteiger partial charge on any atom is 0.262 e. The molecule has 2 aromatic rings. The number of hydrogen-bond acceptors (Lipinski definition) is 3. The van der Waals surface area contributed by atoms with E-state index in [1.54, 1.807) is 6.07 Å². The molecule has 1 saturated carbocycles. The molecule has 128 valence electrons. The van der Waals surface area contributed by atoms with Crippen LogP contribution < -0.4 is 10.6 Å². The molecule has 3 rings (SSSR count). The maximum atomic E-state index is 13.3. The number of amides is 2. The summed E-state index contributed by atoms with van der Waals surface area (Å²) < 4.78 is 13.9. The van der Waals surface area contributed by atoms with Crippen LogP contribution in [0.4, 0.5) is 4.39 Å². The quantitative estimate of drug-likeness (QED) is 0.841. The number of hydrogen-bond donors (Lipinski definition) is 2. The van der Waals surface area contributed by atoms with Crippen LogP contribution in [0.25, 0.3) is 10.1 Å². The number of benzene rings is 1. The van der Waals surface area contributed by atoms with E-state index < -0.39 is 0 Å². The first-order chi connectivity index (χ1) is 11.5. The molecule has 4 nitrogen and oxygen atoms in total. The van der Waals surface area contributed by atoms with E-state index in [9.17, 15) is 14.0 Å². The smallest absolute Gasteiger partial charge is 0.262 e. The first-order valence-corrected chi connectivity index (χ1v) is 9.19. The van der Waals surface area contributed by atoms with Crippen LogP contribution >= 0.6 is 22.9 Å². The van der Waals surface area contributed by atoms with E-state index in [1.807, 2.05) is 0 Å². The average molecular weight is 369 g/mol. The van der Waals surface area contributed by atoms with E-state index in [-0.39, 0.29) is 36.6 Å². The lowest BCUT2D eigenvalue weighted by Crippen LogP contribution is -2.35. The number of rotatable bonds is 5. The van der Waals surface area contributed by atoms with Gasteiger partial charge in [0.05, 0.1) is 5.02 Å². The molecule has 24 heavy (non-hydrogen) atoms. The summed E-state index contributed by atoms with van der Waals surface area (Å²) in [6.07, 6.45) is 4.62. The van der Waals surface area contributed by atoms with Crippen molar-refractivity contribution in [3.8, 4) is 0 Å². The van der Waals surface area contributed by atoms with Crippen molar-refractivity contribution in [3.05, 3.63) is 33.9 Å². The summed E-state index contributed by atoms with van der Waals surface area (Å²) in [6.45, 7) is 0.246. The minimum absolute atomic E-state index is 0.0493. The minimum atomic E-state index is -0.365. The summed E-state index contributed by atoms with van der Waals surface area (Å²) in [5, 5.41) is 6.66. The molecule has 0 atom stereocenters. The normalized spacial score (nSPS) is 14.9. The predicted molar refractivity (Wildman–Crippen MR) is 94.1 cm³/mol. The van der Waals surface area contributed by atoms with Gasteiger partial charge in [0.15, 0.2) is 0 Å². The molecule has 0 saturated heterocycles. The number of thiophene rings is 1. The summed E-state index contributed by atoms with van der Waals surface area (Å²) in [5.41, 5.74) is 0. The maximum absolute atomic E-state index is 13.3. The second-order valence-electron chi connectivity index (χ2n) is 5.94. The molecule has 0 aliphatic heterocycles. The van der Waals surface area contributed by atoms with E-state index in [0.29, 0.717) is 20.0 Å². The second-order valence-corrected chi connectivity index (χ2v) is 7.37. The van der Waals surface area contributed by atoms with Crippen LogP contribution in [-0.4, -0.2) is 24.4 Å². The molecule has 1 aromatic carbocycles. The van der Waals surface area contributed by atoms with Crippen molar-refractivity contribution < 1.29 is 14.0 Å². The van der Waals surface area contributed by atoms with Crippen LogP contribution in [0.5, 0.6) is 0 Å². The lowest BCUT2D eigenvalue weighted by atomic mass is 10.2. The second kappa shape index (κ2) is 7.49. The highest BCUT2D eigenvalue weighted by Crippen LogP contribution is 2.35. The van der Waals surface area contributed by atoms with Crippen molar-refractivity contribution in [1.82, 2.24) is 10.6 Å². The SMILES string of the molecule is O=C(CCNC(=O)c1sc2cc(F)ccc2c1Cl)NC1CCCC1. The predicted octanol–water partition coefficient (Wildman–Crippen LogP) is 3.87. The van der Waals surface area contributed by atoms with E-state index in [2.05, 4.69) is 10.6 Å². The van der Waals surface area contributed by atoms with Gasteiger partial charge in [-0.3, -0.25) is 9.59 Å². The van der Waals surface area contributed by atoms with Gasteiger partial charge in [0, 0.05) is 29.1 Å². The Kier molecular flexibility index (Phi) is 5.36. The Morgan fingerprint density at radius 3 is 2.79 bits per heavy atom. The van der Waals surface area contributed by atoms with Gasteiger partial charge in [-0.05, 0) is 31.0 Å². The fourth-order valence-electron chi connectivity index (χ4n) is 2.92. The van der Waals surface area contributed by atoms with Crippen LogP contribution in [0.3, 0.4) is 0 Å². The fraction of sp³-hybridized carbons (Fsp3) is 0.412. The standard InChI is InChI=1S/C17H18ClFN2O2S/c18-15-12-6-5-10(19)9-13(12)24-16(15)17(23)20-8-7-14(22)21-11-3-1-2-4-11/h5-6,9,11H,1-4,7-8H2,(H,20,23)(H,21,22). The molecule has 0 unspecified atom stereocenters. The Balaban J connectivity index is 1.55. The summed E-state index contributed by atoms with van der Waals surface area (Å²) in [5.74, 6) is -0.752. The molecule has 7 heteroatoms. The lowest BCUT2D eigenvalue weighted by Gasteiger charge is -2.11. The number of carbonyl (C=O) groups is 2. The Hall–Kier alpha value is -1.66. The van der Waals surface area contributed by atoms with Crippen LogP contribution in [0, 0.1) is 5.82 Å². The zero-order valence-corrected chi connectivity index (χ0v) is 14.6. The van der Waals surface area contributed by atoms with Gasteiger partial charge in [-0.2, -0.15) is 0 Å². The third-order valence-electron chi connectivity index (χ3n) is 4.16. The van der Waals surface area contributed by atoms with Crippen LogP contribution in [0.2, 0.25) is 5.02 Å².